The van der Waals surface area contributed by atoms with E-state index in [0.717, 1.165) is 48.5 Å². The Labute approximate surface area is 155 Å². The molecule has 0 aliphatic rings. The van der Waals surface area contributed by atoms with Crippen molar-refractivity contribution in [2.45, 2.75) is 19.9 Å². The Morgan fingerprint density at radius 2 is 1.52 bits per heavy atom. The maximum absolute atomic E-state index is 5.80. The molecule has 0 fully saturated rings. The largest absolute Gasteiger partial charge is 0.329 e. The molecule has 0 saturated carbocycles. The van der Waals surface area contributed by atoms with Crippen molar-refractivity contribution in [3.8, 4) is 0 Å². The molecule has 0 aliphatic heterocycles. The molecule has 0 unspecified atom stereocenters. The number of nitrogens with two attached hydrogens (primary N) is 1. The van der Waals surface area contributed by atoms with Crippen molar-refractivity contribution in [2.75, 3.05) is 19.6 Å². The third-order valence-corrected chi connectivity index (χ3v) is 4.22. The molecule has 2 N–H and O–H groups in total. The molecule has 0 saturated heterocycles. The van der Waals surface area contributed by atoms with Crippen molar-refractivity contribution in [3.05, 3.63) is 71.5 Å². The average molecular weight is 357 g/mol. The fourth-order valence-electron chi connectivity index (χ4n) is 2.87. The molecule has 0 radical (unpaired) electrons. The summed E-state index contributed by atoms with van der Waals surface area (Å²) in [6.07, 6.45) is 1.01. The van der Waals surface area contributed by atoms with Crippen LogP contribution in [0.15, 0.2) is 54.6 Å². The standard InChI is InChI=1S/C20H24N4.ClH/c1-16-20(23-19-10-6-5-9-18(19)22-16)15-24(14-12-21)13-11-17-7-3-2-4-8-17;/h2-10H,11-15,21H2,1H3;1H. The first-order valence-corrected chi connectivity index (χ1v) is 8.45. The van der Waals surface area contributed by atoms with Crippen LogP contribution in [0, 0.1) is 6.92 Å². The highest BCUT2D eigenvalue weighted by Crippen LogP contribution is 2.14. The van der Waals surface area contributed by atoms with Gasteiger partial charge in [0.05, 0.1) is 22.4 Å². The van der Waals surface area contributed by atoms with E-state index in [1.165, 1.54) is 5.56 Å². The van der Waals surface area contributed by atoms with Gasteiger partial charge in [0.25, 0.3) is 0 Å². The van der Waals surface area contributed by atoms with Gasteiger partial charge in [0, 0.05) is 26.2 Å². The van der Waals surface area contributed by atoms with Crippen molar-refractivity contribution in [1.29, 1.82) is 0 Å². The van der Waals surface area contributed by atoms with E-state index < -0.39 is 0 Å². The lowest BCUT2D eigenvalue weighted by Crippen LogP contribution is -2.31. The van der Waals surface area contributed by atoms with Crippen LogP contribution in [0.3, 0.4) is 0 Å². The molecule has 1 heterocycles. The molecule has 3 rings (SSSR count). The molecular formula is C20H25ClN4. The number of fused-ring (bicyclic) bond motifs is 1. The zero-order valence-electron chi connectivity index (χ0n) is 14.6. The minimum absolute atomic E-state index is 0. The third-order valence-electron chi connectivity index (χ3n) is 4.22. The van der Waals surface area contributed by atoms with Gasteiger partial charge in [-0.25, -0.2) is 9.97 Å². The van der Waals surface area contributed by atoms with Crippen LogP contribution in [0.4, 0.5) is 0 Å². The normalized spacial score (nSPS) is 10.8. The molecule has 2 aromatic carbocycles. The smallest absolute Gasteiger partial charge is 0.0890 e. The summed E-state index contributed by atoms with van der Waals surface area (Å²) in [5, 5.41) is 0. The molecule has 5 heteroatoms. The highest BCUT2D eigenvalue weighted by molar-refractivity contribution is 5.85. The zero-order valence-corrected chi connectivity index (χ0v) is 15.4. The van der Waals surface area contributed by atoms with Crippen LogP contribution in [-0.2, 0) is 13.0 Å². The van der Waals surface area contributed by atoms with Gasteiger partial charge < -0.3 is 5.73 Å². The molecule has 25 heavy (non-hydrogen) atoms. The topological polar surface area (TPSA) is 55.0 Å². The summed E-state index contributed by atoms with van der Waals surface area (Å²) in [5.74, 6) is 0. The van der Waals surface area contributed by atoms with Crippen LogP contribution in [0.1, 0.15) is 17.0 Å². The quantitative estimate of drug-likeness (QED) is 0.705. The fourth-order valence-corrected chi connectivity index (χ4v) is 2.87. The van der Waals surface area contributed by atoms with Gasteiger partial charge in [0.1, 0.15) is 0 Å². The molecule has 0 aliphatic carbocycles. The number of benzene rings is 2. The van der Waals surface area contributed by atoms with Crippen LogP contribution < -0.4 is 5.73 Å². The Bertz CT molecular complexity index is 792. The van der Waals surface area contributed by atoms with Crippen LogP contribution in [0.2, 0.25) is 0 Å². The highest BCUT2D eigenvalue weighted by Gasteiger charge is 2.11. The van der Waals surface area contributed by atoms with E-state index in [4.69, 9.17) is 10.7 Å². The molecular weight excluding hydrogens is 332 g/mol. The first-order chi connectivity index (χ1) is 11.8. The minimum atomic E-state index is 0. The van der Waals surface area contributed by atoms with Gasteiger partial charge in [-0.05, 0) is 31.0 Å². The van der Waals surface area contributed by atoms with E-state index >= 15 is 0 Å². The van der Waals surface area contributed by atoms with Gasteiger partial charge in [0.2, 0.25) is 0 Å². The molecule has 1 aromatic heterocycles. The summed E-state index contributed by atoms with van der Waals surface area (Å²) in [6.45, 7) is 5.30. The second-order valence-electron chi connectivity index (χ2n) is 6.04. The van der Waals surface area contributed by atoms with Gasteiger partial charge in [-0.3, -0.25) is 4.90 Å². The zero-order chi connectivity index (χ0) is 16.8. The lowest BCUT2D eigenvalue weighted by molar-refractivity contribution is 0.272. The van der Waals surface area contributed by atoms with Crippen LogP contribution in [0.25, 0.3) is 11.0 Å². The summed E-state index contributed by atoms with van der Waals surface area (Å²) in [6, 6.07) is 18.6. The van der Waals surface area contributed by atoms with Gasteiger partial charge in [-0.1, -0.05) is 42.5 Å². The number of aryl methyl sites for hydroxylation is 1. The Morgan fingerprint density at radius 1 is 0.880 bits per heavy atom. The van der Waals surface area contributed by atoms with Gasteiger partial charge >= 0.3 is 0 Å². The van der Waals surface area contributed by atoms with E-state index in [2.05, 4.69) is 40.2 Å². The number of nitrogens with zero attached hydrogens (tertiary/aromatic N) is 3. The maximum Gasteiger partial charge on any atom is 0.0890 e. The first-order valence-electron chi connectivity index (χ1n) is 8.45. The maximum atomic E-state index is 5.80. The monoisotopic (exact) mass is 356 g/mol. The highest BCUT2D eigenvalue weighted by atomic mass is 35.5. The molecule has 0 amide bonds. The van der Waals surface area contributed by atoms with Gasteiger partial charge in [-0.2, -0.15) is 0 Å². The Morgan fingerprint density at radius 3 is 2.20 bits per heavy atom. The van der Waals surface area contributed by atoms with Crippen LogP contribution in [0.5, 0.6) is 0 Å². The molecule has 4 nitrogen and oxygen atoms in total. The first kappa shape index (κ1) is 19.3. The summed E-state index contributed by atoms with van der Waals surface area (Å²) in [4.78, 5) is 11.9. The molecule has 0 bridgehead atoms. The second kappa shape index (κ2) is 9.47. The van der Waals surface area contributed by atoms with Gasteiger partial charge in [-0.15, -0.1) is 12.4 Å². The van der Waals surface area contributed by atoms with Crippen molar-refractivity contribution in [1.82, 2.24) is 14.9 Å². The summed E-state index contributed by atoms with van der Waals surface area (Å²) < 4.78 is 0. The van der Waals surface area contributed by atoms with Crippen molar-refractivity contribution in [3.63, 3.8) is 0 Å². The average Bonchev–Trinajstić information content (AvgIpc) is 2.61. The number of rotatable bonds is 7. The van der Waals surface area contributed by atoms with E-state index in [1.54, 1.807) is 0 Å². The lowest BCUT2D eigenvalue weighted by atomic mass is 10.1. The Balaban J connectivity index is 0.00000225. The van der Waals surface area contributed by atoms with Crippen molar-refractivity contribution < 1.29 is 0 Å². The van der Waals surface area contributed by atoms with E-state index in [0.29, 0.717) is 6.54 Å². The van der Waals surface area contributed by atoms with Crippen LogP contribution >= 0.6 is 12.4 Å². The summed E-state index contributed by atoms with van der Waals surface area (Å²) in [7, 11) is 0. The third kappa shape index (κ3) is 5.23. The fraction of sp³-hybridized carbons (Fsp3) is 0.300. The summed E-state index contributed by atoms with van der Waals surface area (Å²) in [5.41, 5.74) is 11.1. The number of hydrogen-bond donors (Lipinski definition) is 1. The van der Waals surface area contributed by atoms with Crippen LogP contribution in [-0.4, -0.2) is 34.5 Å². The minimum Gasteiger partial charge on any atom is -0.329 e. The number of hydrogen-bond acceptors (Lipinski definition) is 4. The second-order valence-corrected chi connectivity index (χ2v) is 6.04. The molecule has 0 atom stereocenters. The van der Waals surface area contributed by atoms with E-state index in [1.807, 2.05) is 31.2 Å². The lowest BCUT2D eigenvalue weighted by Gasteiger charge is -2.22. The summed E-state index contributed by atoms with van der Waals surface area (Å²) >= 11 is 0. The number of halogens is 1. The predicted octanol–water partition coefficient (Wildman–Crippen LogP) is 3.36. The van der Waals surface area contributed by atoms with E-state index in [9.17, 15) is 0 Å². The number of para-hydroxylation sites is 2. The Kier molecular flexibility index (Phi) is 7.31. The van der Waals surface area contributed by atoms with E-state index in [-0.39, 0.29) is 12.4 Å². The molecule has 132 valence electrons. The molecule has 3 aromatic rings. The van der Waals surface area contributed by atoms with Crippen molar-refractivity contribution >= 4 is 23.4 Å². The Hall–Kier alpha value is -2.01. The SMILES string of the molecule is Cc1nc2ccccc2nc1CN(CCN)CCc1ccccc1.Cl. The number of aromatic nitrogens is 2. The van der Waals surface area contributed by atoms with Crippen molar-refractivity contribution in [2.24, 2.45) is 5.73 Å². The van der Waals surface area contributed by atoms with Gasteiger partial charge in [0.15, 0.2) is 0 Å². The molecule has 0 spiro atoms. The predicted molar refractivity (Wildman–Crippen MR) is 106 cm³/mol.